The van der Waals surface area contributed by atoms with Crippen molar-refractivity contribution in [1.29, 1.82) is 0 Å². The Morgan fingerprint density at radius 3 is 2.67 bits per heavy atom. The van der Waals surface area contributed by atoms with Gasteiger partial charge in [0.25, 0.3) is 0 Å². The first-order valence-corrected chi connectivity index (χ1v) is 9.59. The molecular weight excluding hydrogens is 302 g/mol. The van der Waals surface area contributed by atoms with Crippen LogP contribution in [0.3, 0.4) is 0 Å². The number of benzene rings is 1. The van der Waals surface area contributed by atoms with Crippen molar-refractivity contribution in [2.24, 2.45) is 0 Å². The van der Waals surface area contributed by atoms with Gasteiger partial charge in [0, 0.05) is 16.8 Å². The summed E-state index contributed by atoms with van der Waals surface area (Å²) in [4.78, 5) is 1.29. The van der Waals surface area contributed by atoms with Crippen LogP contribution in [0.5, 0.6) is 0 Å². The minimum atomic E-state index is -3.28. The Morgan fingerprint density at radius 1 is 1.24 bits per heavy atom. The lowest BCUT2D eigenvalue weighted by Gasteiger charge is -2.14. The number of aryl methyl sites for hydroxylation is 1. The second kappa shape index (κ2) is 5.55. The molecule has 1 aromatic carbocycles. The summed E-state index contributed by atoms with van der Waals surface area (Å²) in [5.41, 5.74) is 1.97. The standard InChI is InChI=1S/C16H19NO2S2/c1-13-4-2-5-14(10-13)11-21(18,19)17-12-16(7-8-16)15-6-3-9-20-15/h2-6,9-10,17H,7-8,11-12H2,1H3. The molecule has 0 atom stereocenters. The molecule has 1 aliphatic carbocycles. The summed E-state index contributed by atoms with van der Waals surface area (Å²) in [5.74, 6) is 0.0508. The molecule has 1 aliphatic rings. The van der Waals surface area contributed by atoms with Crippen LogP contribution in [0.15, 0.2) is 41.8 Å². The lowest BCUT2D eigenvalue weighted by Crippen LogP contribution is -2.32. The van der Waals surface area contributed by atoms with E-state index in [4.69, 9.17) is 0 Å². The highest BCUT2D eigenvalue weighted by atomic mass is 32.2. The quantitative estimate of drug-likeness (QED) is 0.888. The van der Waals surface area contributed by atoms with Crippen LogP contribution in [0.1, 0.15) is 28.8 Å². The third-order valence-corrected chi connectivity index (χ3v) is 6.38. The maximum atomic E-state index is 12.2. The molecule has 0 radical (unpaired) electrons. The van der Waals surface area contributed by atoms with Crippen molar-refractivity contribution >= 4 is 21.4 Å². The summed E-state index contributed by atoms with van der Waals surface area (Å²) < 4.78 is 27.3. The van der Waals surface area contributed by atoms with Gasteiger partial charge in [-0.2, -0.15) is 0 Å². The Labute approximate surface area is 130 Å². The van der Waals surface area contributed by atoms with Gasteiger partial charge in [0.2, 0.25) is 10.0 Å². The van der Waals surface area contributed by atoms with Crippen molar-refractivity contribution in [2.75, 3.05) is 6.54 Å². The van der Waals surface area contributed by atoms with Crippen molar-refractivity contribution in [3.8, 4) is 0 Å². The van der Waals surface area contributed by atoms with Gasteiger partial charge in [0.1, 0.15) is 0 Å². The fraction of sp³-hybridized carbons (Fsp3) is 0.375. The largest absolute Gasteiger partial charge is 0.215 e. The molecule has 2 aromatic rings. The van der Waals surface area contributed by atoms with Gasteiger partial charge in [-0.15, -0.1) is 11.3 Å². The third-order valence-electron chi connectivity index (χ3n) is 3.97. The number of thiophene rings is 1. The Balaban J connectivity index is 1.65. The molecule has 112 valence electrons. The molecule has 0 unspecified atom stereocenters. The van der Waals surface area contributed by atoms with Crippen molar-refractivity contribution in [3.05, 3.63) is 57.8 Å². The first-order valence-electron chi connectivity index (χ1n) is 7.06. The van der Waals surface area contributed by atoms with Gasteiger partial charge >= 0.3 is 0 Å². The molecule has 21 heavy (non-hydrogen) atoms. The Hall–Kier alpha value is -1.17. The van der Waals surface area contributed by atoms with Crippen LogP contribution in [0.2, 0.25) is 0 Å². The van der Waals surface area contributed by atoms with Gasteiger partial charge in [-0.05, 0) is 36.8 Å². The van der Waals surface area contributed by atoms with Gasteiger partial charge in [-0.1, -0.05) is 35.9 Å². The summed E-state index contributed by atoms with van der Waals surface area (Å²) in [5, 5.41) is 2.05. The number of nitrogens with one attached hydrogen (secondary N) is 1. The molecule has 0 bridgehead atoms. The molecule has 3 nitrogen and oxygen atoms in total. The average molecular weight is 321 g/mol. The first kappa shape index (κ1) is 14.8. The number of rotatable bonds is 6. The number of hydrogen-bond donors (Lipinski definition) is 1. The van der Waals surface area contributed by atoms with Crippen LogP contribution in [0.4, 0.5) is 0 Å². The first-order chi connectivity index (χ1) is 9.99. The molecule has 1 aromatic heterocycles. The Bertz CT molecular complexity index is 716. The fourth-order valence-electron chi connectivity index (χ4n) is 2.56. The topological polar surface area (TPSA) is 46.2 Å². The van der Waals surface area contributed by atoms with Gasteiger partial charge in [0.15, 0.2) is 0 Å². The molecule has 5 heteroatoms. The Kier molecular flexibility index (Phi) is 3.90. The van der Waals surface area contributed by atoms with E-state index in [-0.39, 0.29) is 11.2 Å². The van der Waals surface area contributed by atoms with Crippen LogP contribution >= 0.6 is 11.3 Å². The molecule has 0 spiro atoms. The lowest BCUT2D eigenvalue weighted by atomic mass is 10.1. The van der Waals surface area contributed by atoms with Crippen molar-refractivity contribution in [2.45, 2.75) is 30.9 Å². The molecule has 0 aliphatic heterocycles. The maximum Gasteiger partial charge on any atom is 0.215 e. The second-order valence-corrected chi connectivity index (χ2v) is 8.58. The van der Waals surface area contributed by atoms with Crippen LogP contribution in [-0.4, -0.2) is 15.0 Å². The zero-order chi connectivity index (χ0) is 14.9. The monoisotopic (exact) mass is 321 g/mol. The zero-order valence-electron chi connectivity index (χ0n) is 12.0. The van der Waals surface area contributed by atoms with E-state index in [1.165, 1.54) is 4.88 Å². The molecule has 1 fully saturated rings. The average Bonchev–Trinajstić information content (AvgIpc) is 3.01. The highest BCUT2D eigenvalue weighted by molar-refractivity contribution is 7.88. The smallest absolute Gasteiger partial charge is 0.214 e. The van der Waals surface area contributed by atoms with Crippen molar-refractivity contribution < 1.29 is 8.42 Å². The van der Waals surface area contributed by atoms with Gasteiger partial charge in [0.05, 0.1) is 5.75 Å². The summed E-state index contributed by atoms with van der Waals surface area (Å²) >= 11 is 1.71. The summed E-state index contributed by atoms with van der Waals surface area (Å²) in [6, 6.07) is 11.8. The van der Waals surface area contributed by atoms with E-state index in [2.05, 4.69) is 16.2 Å². The van der Waals surface area contributed by atoms with Gasteiger partial charge in [-0.3, -0.25) is 0 Å². The van der Waals surface area contributed by atoms with E-state index in [9.17, 15) is 8.42 Å². The summed E-state index contributed by atoms with van der Waals surface area (Å²) in [7, 11) is -3.28. The minimum Gasteiger partial charge on any atom is -0.214 e. The molecular formula is C16H19NO2S2. The molecule has 1 saturated carbocycles. The van der Waals surface area contributed by atoms with E-state index in [1.807, 2.05) is 37.3 Å². The number of sulfonamides is 1. The maximum absolute atomic E-state index is 12.2. The molecule has 3 rings (SSSR count). The van der Waals surface area contributed by atoms with E-state index < -0.39 is 10.0 Å². The predicted molar refractivity (Wildman–Crippen MR) is 87.0 cm³/mol. The second-order valence-electron chi connectivity index (χ2n) is 5.83. The van der Waals surface area contributed by atoms with Crippen molar-refractivity contribution in [3.63, 3.8) is 0 Å². The summed E-state index contributed by atoms with van der Waals surface area (Å²) in [6.07, 6.45) is 2.14. The van der Waals surface area contributed by atoms with Gasteiger partial charge in [-0.25, -0.2) is 13.1 Å². The van der Waals surface area contributed by atoms with E-state index in [1.54, 1.807) is 11.3 Å². The van der Waals surface area contributed by atoms with Crippen molar-refractivity contribution in [1.82, 2.24) is 4.72 Å². The lowest BCUT2D eigenvalue weighted by molar-refractivity contribution is 0.568. The minimum absolute atomic E-state index is 0.0494. The number of hydrogen-bond acceptors (Lipinski definition) is 3. The molecule has 0 saturated heterocycles. The summed E-state index contributed by atoms with van der Waals surface area (Å²) in [6.45, 7) is 2.49. The highest BCUT2D eigenvalue weighted by Gasteiger charge is 2.45. The highest BCUT2D eigenvalue weighted by Crippen LogP contribution is 2.49. The fourth-order valence-corrected chi connectivity index (χ4v) is 4.77. The Morgan fingerprint density at radius 2 is 2.05 bits per heavy atom. The van der Waals surface area contributed by atoms with E-state index in [0.29, 0.717) is 6.54 Å². The molecule has 0 amide bonds. The van der Waals surface area contributed by atoms with E-state index >= 15 is 0 Å². The third kappa shape index (κ3) is 3.54. The predicted octanol–water partition coefficient (Wildman–Crippen LogP) is 3.21. The normalized spacial score (nSPS) is 16.8. The molecule has 1 heterocycles. The zero-order valence-corrected chi connectivity index (χ0v) is 13.6. The van der Waals surface area contributed by atoms with Crippen LogP contribution in [0, 0.1) is 6.92 Å². The van der Waals surface area contributed by atoms with Crippen LogP contribution in [0.25, 0.3) is 0 Å². The van der Waals surface area contributed by atoms with Crippen LogP contribution in [-0.2, 0) is 21.2 Å². The van der Waals surface area contributed by atoms with Gasteiger partial charge < -0.3 is 0 Å². The van der Waals surface area contributed by atoms with E-state index in [0.717, 1.165) is 24.0 Å². The van der Waals surface area contributed by atoms with Crippen LogP contribution < -0.4 is 4.72 Å². The molecule has 1 N–H and O–H groups in total. The SMILES string of the molecule is Cc1cccc(CS(=O)(=O)NCC2(c3cccs3)CC2)c1.